The summed E-state index contributed by atoms with van der Waals surface area (Å²) in [4.78, 5) is 14.8. The van der Waals surface area contributed by atoms with Gasteiger partial charge in [0.2, 0.25) is 5.91 Å². The van der Waals surface area contributed by atoms with Gasteiger partial charge in [0, 0.05) is 25.1 Å². The molecule has 0 fully saturated rings. The maximum atomic E-state index is 12.8. The highest BCUT2D eigenvalue weighted by atomic mass is 16.3. The minimum atomic E-state index is -0.114. The Morgan fingerprint density at radius 3 is 1.58 bits per heavy atom. The molecule has 0 heterocycles. The first-order valence-electron chi connectivity index (χ1n) is 10.3. The average Bonchev–Trinajstić information content (AvgIpc) is 2.60. The highest BCUT2D eigenvalue weighted by Crippen LogP contribution is 2.26. The number of carbonyl (C=O) groups is 1. The molecular weight excluding hydrogens is 298 g/mol. The molecule has 24 heavy (non-hydrogen) atoms. The van der Waals surface area contributed by atoms with Gasteiger partial charge in [0.15, 0.2) is 0 Å². The van der Waals surface area contributed by atoms with Crippen molar-refractivity contribution in [1.82, 2.24) is 4.90 Å². The summed E-state index contributed by atoms with van der Waals surface area (Å²) < 4.78 is 0. The van der Waals surface area contributed by atoms with Gasteiger partial charge in [-0.2, -0.15) is 0 Å². The van der Waals surface area contributed by atoms with Gasteiger partial charge in [-0.15, -0.1) is 0 Å². The zero-order chi connectivity index (χ0) is 19.9. The van der Waals surface area contributed by atoms with E-state index < -0.39 is 0 Å². The summed E-state index contributed by atoms with van der Waals surface area (Å²) in [7, 11) is 0. The second-order valence-electron chi connectivity index (χ2n) is 6.32. The topological polar surface area (TPSA) is 40.5 Å². The zero-order valence-electron chi connectivity index (χ0n) is 18.5. The minimum absolute atomic E-state index is 0.0467. The van der Waals surface area contributed by atoms with Crippen LogP contribution in [0.25, 0.3) is 0 Å². The third-order valence-electron chi connectivity index (χ3n) is 4.95. The van der Waals surface area contributed by atoms with Crippen LogP contribution in [0.1, 0.15) is 89.0 Å². The molecular formula is C21H47NO2. The van der Waals surface area contributed by atoms with Crippen molar-refractivity contribution >= 4 is 5.91 Å². The number of nitrogens with zero attached hydrogens (tertiary/aromatic N) is 1. The smallest absolute Gasteiger partial charge is 0.226 e. The van der Waals surface area contributed by atoms with Gasteiger partial charge in [0.05, 0.1) is 0 Å². The van der Waals surface area contributed by atoms with Crippen molar-refractivity contribution in [2.45, 2.75) is 95.0 Å². The molecule has 148 valence electrons. The Bertz CT molecular complexity index is 275. The van der Waals surface area contributed by atoms with E-state index in [2.05, 4.69) is 34.6 Å². The normalized spacial score (nSPS) is 14.1. The lowest BCUT2D eigenvalue weighted by molar-refractivity contribution is -0.141. The van der Waals surface area contributed by atoms with Crippen molar-refractivity contribution < 1.29 is 9.90 Å². The number of aliphatic hydroxyl groups is 1. The summed E-state index contributed by atoms with van der Waals surface area (Å²) in [5, 5.41) is 9.54. The molecule has 0 saturated heterocycles. The van der Waals surface area contributed by atoms with Crippen LogP contribution in [0.5, 0.6) is 0 Å². The Kier molecular flexibility index (Phi) is 20.3. The lowest BCUT2D eigenvalue weighted by atomic mass is 9.83. The maximum Gasteiger partial charge on any atom is 0.226 e. The van der Waals surface area contributed by atoms with Crippen LogP contribution >= 0.6 is 0 Å². The lowest BCUT2D eigenvalue weighted by Gasteiger charge is -2.37. The monoisotopic (exact) mass is 345 g/mol. The predicted molar refractivity (Wildman–Crippen MR) is 108 cm³/mol. The van der Waals surface area contributed by atoms with E-state index in [1.807, 2.05) is 46.4 Å². The zero-order valence-corrected chi connectivity index (χ0v) is 18.5. The Morgan fingerprint density at radius 2 is 1.33 bits per heavy atom. The van der Waals surface area contributed by atoms with E-state index in [-0.39, 0.29) is 30.4 Å². The van der Waals surface area contributed by atoms with E-state index in [1.165, 1.54) is 0 Å². The van der Waals surface area contributed by atoms with Crippen LogP contribution in [-0.4, -0.2) is 35.1 Å². The van der Waals surface area contributed by atoms with E-state index in [9.17, 15) is 9.90 Å². The Morgan fingerprint density at radius 1 is 0.917 bits per heavy atom. The van der Waals surface area contributed by atoms with Crippen molar-refractivity contribution in [2.24, 2.45) is 23.7 Å². The molecule has 0 aromatic heterocycles. The Balaban J connectivity index is -0.00000102. The van der Waals surface area contributed by atoms with Crippen LogP contribution in [0, 0.1) is 23.7 Å². The SMILES string of the molecule is CC.CC.CCC(CC)C(C)N(CC)C(=O)C(C)C(CO)C(C)C. The molecule has 0 rings (SSSR count). The molecule has 0 bridgehead atoms. The van der Waals surface area contributed by atoms with Crippen molar-refractivity contribution in [2.75, 3.05) is 13.2 Å². The molecule has 3 atom stereocenters. The molecule has 1 N–H and O–H groups in total. The van der Waals surface area contributed by atoms with Gasteiger partial charge in [0.25, 0.3) is 0 Å². The van der Waals surface area contributed by atoms with E-state index in [1.54, 1.807) is 0 Å². The first-order valence-corrected chi connectivity index (χ1v) is 10.3. The summed E-state index contributed by atoms with van der Waals surface area (Å²) in [5.74, 6) is 1.00. The summed E-state index contributed by atoms with van der Waals surface area (Å²) in [6, 6.07) is 0.274. The van der Waals surface area contributed by atoms with Crippen LogP contribution in [0.2, 0.25) is 0 Å². The standard InChI is InChI=1S/C17H35NO2.2C2H6/c1-8-15(9-2)14(7)18(10-3)17(20)13(6)16(11-19)12(4)5;2*1-2/h12-16,19H,8-11H2,1-7H3;2*1-2H3. The highest BCUT2D eigenvalue weighted by Gasteiger charge is 2.32. The molecule has 3 nitrogen and oxygen atoms in total. The van der Waals surface area contributed by atoms with Gasteiger partial charge in [0.1, 0.15) is 0 Å². The Hall–Kier alpha value is -0.570. The molecule has 0 spiro atoms. The predicted octanol–water partition coefficient (Wildman–Crippen LogP) is 5.61. The van der Waals surface area contributed by atoms with Gasteiger partial charge < -0.3 is 10.0 Å². The fraction of sp³-hybridized carbons (Fsp3) is 0.952. The number of aliphatic hydroxyl groups excluding tert-OH is 1. The van der Waals surface area contributed by atoms with E-state index in [0.717, 1.165) is 19.4 Å². The molecule has 0 aliphatic rings. The number of hydrogen-bond donors (Lipinski definition) is 1. The summed E-state index contributed by atoms with van der Waals surface area (Å²) in [5.41, 5.74) is 0. The molecule has 0 aliphatic heterocycles. The van der Waals surface area contributed by atoms with Crippen molar-refractivity contribution in [3.05, 3.63) is 0 Å². The summed E-state index contributed by atoms with van der Waals surface area (Å²) >= 11 is 0. The van der Waals surface area contributed by atoms with E-state index >= 15 is 0 Å². The maximum absolute atomic E-state index is 12.8. The molecule has 1 amide bonds. The van der Waals surface area contributed by atoms with E-state index in [0.29, 0.717) is 11.8 Å². The van der Waals surface area contributed by atoms with E-state index in [4.69, 9.17) is 0 Å². The van der Waals surface area contributed by atoms with Crippen LogP contribution in [0.4, 0.5) is 0 Å². The largest absolute Gasteiger partial charge is 0.396 e. The summed E-state index contributed by atoms with van der Waals surface area (Å²) in [6.45, 7) is 23.5. The fourth-order valence-electron chi connectivity index (χ4n) is 3.26. The molecule has 3 unspecified atom stereocenters. The second kappa shape index (κ2) is 17.3. The Labute approximate surface area is 153 Å². The van der Waals surface area contributed by atoms with Gasteiger partial charge in [-0.3, -0.25) is 4.79 Å². The number of rotatable bonds is 9. The highest BCUT2D eigenvalue weighted by molar-refractivity contribution is 5.79. The lowest BCUT2D eigenvalue weighted by Crippen LogP contribution is -2.47. The molecule has 0 aromatic rings. The molecule has 0 aromatic carbocycles. The first kappa shape index (κ1) is 28.2. The van der Waals surface area contributed by atoms with Gasteiger partial charge >= 0.3 is 0 Å². The molecule has 0 saturated carbocycles. The second-order valence-corrected chi connectivity index (χ2v) is 6.32. The molecule has 0 radical (unpaired) electrons. The number of carbonyl (C=O) groups excluding carboxylic acids is 1. The van der Waals surface area contributed by atoms with Crippen molar-refractivity contribution in [3.63, 3.8) is 0 Å². The van der Waals surface area contributed by atoms with Crippen LogP contribution in [0.3, 0.4) is 0 Å². The molecule has 3 heteroatoms. The number of hydrogen-bond acceptors (Lipinski definition) is 2. The van der Waals surface area contributed by atoms with Gasteiger partial charge in [-0.1, -0.05) is 75.2 Å². The quantitative estimate of drug-likeness (QED) is 0.590. The van der Waals surface area contributed by atoms with Crippen LogP contribution in [0.15, 0.2) is 0 Å². The van der Waals surface area contributed by atoms with Gasteiger partial charge in [-0.25, -0.2) is 0 Å². The third kappa shape index (κ3) is 9.05. The van der Waals surface area contributed by atoms with Crippen LogP contribution in [-0.2, 0) is 4.79 Å². The first-order chi connectivity index (χ1) is 11.3. The van der Waals surface area contributed by atoms with Gasteiger partial charge in [-0.05, 0) is 31.6 Å². The third-order valence-corrected chi connectivity index (χ3v) is 4.95. The molecule has 0 aliphatic carbocycles. The fourth-order valence-corrected chi connectivity index (χ4v) is 3.26. The minimum Gasteiger partial charge on any atom is -0.396 e. The van der Waals surface area contributed by atoms with Crippen molar-refractivity contribution in [1.29, 1.82) is 0 Å². The number of amides is 1. The summed E-state index contributed by atoms with van der Waals surface area (Å²) in [6.07, 6.45) is 2.20. The van der Waals surface area contributed by atoms with Crippen LogP contribution < -0.4 is 0 Å². The average molecular weight is 346 g/mol. The van der Waals surface area contributed by atoms with Crippen molar-refractivity contribution in [3.8, 4) is 0 Å².